The van der Waals surface area contributed by atoms with E-state index in [0.717, 1.165) is 49.9 Å². The van der Waals surface area contributed by atoms with E-state index in [2.05, 4.69) is 47.2 Å². The summed E-state index contributed by atoms with van der Waals surface area (Å²) in [4.78, 5) is 29.2. The highest BCUT2D eigenvalue weighted by atomic mass is 35.5. The number of likely N-dealkylation sites (N-methyl/N-ethyl adjacent to an activating group) is 1. The van der Waals surface area contributed by atoms with E-state index >= 15 is 0 Å². The lowest BCUT2D eigenvalue weighted by molar-refractivity contribution is -0.134. The Hall–Kier alpha value is -3.00. The maximum absolute atomic E-state index is 9.55. The molecule has 8 heteroatoms. The first-order valence-electron chi connectivity index (χ1n) is 10.8. The number of fused-ring (bicyclic) bond motifs is 1. The van der Waals surface area contributed by atoms with Gasteiger partial charge in [0.2, 0.25) is 0 Å². The van der Waals surface area contributed by atoms with Gasteiger partial charge in [0.15, 0.2) is 0 Å². The topological polar surface area (TPSA) is 93.4 Å². The number of carboxylic acids is 2. The molecular weight excluding hydrogens is 442 g/mol. The molecule has 1 fully saturated rings. The number of piperazine rings is 1. The molecular formula is C25H28ClN3O4. The average molecular weight is 470 g/mol. The van der Waals surface area contributed by atoms with Gasteiger partial charge in [0.1, 0.15) is 0 Å². The number of carbonyl (C=O) groups is 2. The van der Waals surface area contributed by atoms with E-state index < -0.39 is 11.9 Å². The third-order valence-corrected chi connectivity index (χ3v) is 5.96. The van der Waals surface area contributed by atoms with Crippen molar-refractivity contribution in [2.24, 2.45) is 4.99 Å². The quantitative estimate of drug-likeness (QED) is 0.654. The number of halogens is 1. The van der Waals surface area contributed by atoms with Crippen LogP contribution in [0.3, 0.4) is 0 Å². The van der Waals surface area contributed by atoms with Crippen LogP contribution in [0.2, 0.25) is 5.02 Å². The molecule has 2 aliphatic rings. The lowest BCUT2D eigenvalue weighted by Gasteiger charge is -2.35. The lowest BCUT2D eigenvalue weighted by atomic mass is 9.90. The molecule has 1 unspecified atom stereocenters. The second-order valence-corrected chi connectivity index (χ2v) is 8.49. The molecule has 2 N–H and O–H groups in total. The van der Waals surface area contributed by atoms with E-state index in [-0.39, 0.29) is 6.04 Å². The highest BCUT2D eigenvalue weighted by Gasteiger charge is 2.26. The zero-order valence-corrected chi connectivity index (χ0v) is 19.3. The summed E-state index contributed by atoms with van der Waals surface area (Å²) in [6.07, 6.45) is 2.04. The minimum absolute atomic E-state index is 0.269. The Bertz CT molecular complexity index is 1020. The fraction of sp³-hybridized carbons (Fsp3) is 0.320. The Labute approximate surface area is 198 Å². The van der Waals surface area contributed by atoms with Crippen LogP contribution in [0.1, 0.15) is 16.7 Å². The van der Waals surface area contributed by atoms with Gasteiger partial charge in [-0.3, -0.25) is 9.89 Å². The van der Waals surface area contributed by atoms with Crippen LogP contribution in [0, 0.1) is 0 Å². The summed E-state index contributed by atoms with van der Waals surface area (Å²) in [5, 5.41) is 16.5. The Morgan fingerprint density at radius 1 is 1.00 bits per heavy atom. The first kappa shape index (κ1) is 24.6. The summed E-state index contributed by atoms with van der Waals surface area (Å²) in [6, 6.07) is 16.9. The number of hydrogen-bond donors (Lipinski definition) is 2. The van der Waals surface area contributed by atoms with Crippen molar-refractivity contribution in [3.63, 3.8) is 0 Å². The molecule has 1 atom stereocenters. The summed E-state index contributed by atoms with van der Waals surface area (Å²) in [7, 11) is 2.19. The van der Waals surface area contributed by atoms with Gasteiger partial charge >= 0.3 is 11.9 Å². The van der Waals surface area contributed by atoms with Crippen molar-refractivity contribution in [3.05, 3.63) is 82.4 Å². The van der Waals surface area contributed by atoms with E-state index in [0.29, 0.717) is 12.2 Å². The number of benzene rings is 2. The van der Waals surface area contributed by atoms with Gasteiger partial charge in [-0.05, 0) is 25.1 Å². The van der Waals surface area contributed by atoms with Gasteiger partial charge in [-0.1, -0.05) is 54.1 Å². The number of carboxylic acid groups (broad SMARTS) is 2. The Morgan fingerprint density at radius 3 is 2.24 bits per heavy atom. The molecule has 2 aliphatic heterocycles. The van der Waals surface area contributed by atoms with Gasteiger partial charge < -0.3 is 15.1 Å². The minimum atomic E-state index is -1.26. The van der Waals surface area contributed by atoms with E-state index in [1.54, 1.807) is 0 Å². The Morgan fingerprint density at radius 2 is 1.64 bits per heavy atom. The standard InChI is InChI=1S/C21H24ClN3.C4H4O4/c1-24-10-12-25(13-11-24)15-17-14-19-18(8-5-9-20(19)22)21(23-17)16-6-3-2-4-7-16;5-3(6)1-2-4(7)8/h2-9,17H,10-15H2,1H3;1-2H,(H,5,6)(H,7,8)/b;2-1-. The zero-order chi connectivity index (χ0) is 23.8. The summed E-state index contributed by atoms with van der Waals surface area (Å²) >= 11 is 6.55. The molecule has 0 amide bonds. The van der Waals surface area contributed by atoms with Crippen LogP contribution in [0.25, 0.3) is 0 Å². The molecule has 0 aliphatic carbocycles. The first-order valence-corrected chi connectivity index (χ1v) is 11.2. The second-order valence-electron chi connectivity index (χ2n) is 8.08. The Kier molecular flexibility index (Phi) is 8.77. The third kappa shape index (κ3) is 7.25. The van der Waals surface area contributed by atoms with Gasteiger partial charge in [-0.2, -0.15) is 0 Å². The third-order valence-electron chi connectivity index (χ3n) is 5.61. The molecule has 2 aromatic carbocycles. The molecule has 0 aromatic heterocycles. The smallest absolute Gasteiger partial charge is 0.328 e. The zero-order valence-electron chi connectivity index (χ0n) is 18.5. The molecule has 2 heterocycles. The maximum atomic E-state index is 9.55. The van der Waals surface area contributed by atoms with E-state index in [4.69, 9.17) is 26.8 Å². The van der Waals surface area contributed by atoms with Crippen molar-refractivity contribution in [2.75, 3.05) is 39.8 Å². The predicted molar refractivity (Wildman–Crippen MR) is 129 cm³/mol. The Balaban J connectivity index is 0.000000331. The molecule has 0 saturated carbocycles. The van der Waals surface area contributed by atoms with Gasteiger partial charge in [0.25, 0.3) is 0 Å². The molecule has 0 spiro atoms. The van der Waals surface area contributed by atoms with Crippen LogP contribution in [0.5, 0.6) is 0 Å². The summed E-state index contributed by atoms with van der Waals surface area (Å²) in [5.41, 5.74) is 4.70. The lowest BCUT2D eigenvalue weighted by Crippen LogP contribution is -2.47. The van der Waals surface area contributed by atoms with Crippen molar-refractivity contribution in [1.82, 2.24) is 9.80 Å². The van der Waals surface area contributed by atoms with Gasteiger partial charge in [-0.25, -0.2) is 9.59 Å². The van der Waals surface area contributed by atoms with E-state index in [1.165, 1.54) is 16.7 Å². The van der Waals surface area contributed by atoms with Crippen molar-refractivity contribution in [2.45, 2.75) is 12.5 Å². The summed E-state index contributed by atoms with van der Waals surface area (Å²) in [6.45, 7) is 5.53. The fourth-order valence-corrected chi connectivity index (χ4v) is 4.18. The van der Waals surface area contributed by atoms with Gasteiger partial charge in [0.05, 0.1) is 11.8 Å². The number of rotatable bonds is 5. The normalized spacial score (nSPS) is 18.7. The predicted octanol–water partition coefficient (Wildman–Crippen LogP) is 3.06. The number of nitrogens with zero attached hydrogens (tertiary/aromatic N) is 3. The van der Waals surface area contributed by atoms with Crippen LogP contribution in [0.15, 0.2) is 65.7 Å². The molecule has 1 saturated heterocycles. The molecule has 0 bridgehead atoms. The molecule has 7 nitrogen and oxygen atoms in total. The minimum Gasteiger partial charge on any atom is -0.478 e. The van der Waals surface area contributed by atoms with Crippen LogP contribution in [-0.4, -0.2) is 83.5 Å². The van der Waals surface area contributed by atoms with Crippen molar-refractivity contribution in [1.29, 1.82) is 0 Å². The van der Waals surface area contributed by atoms with Crippen LogP contribution < -0.4 is 0 Å². The van der Waals surface area contributed by atoms with Crippen molar-refractivity contribution >= 4 is 29.3 Å². The number of aliphatic carboxylic acids is 2. The number of hydrogen-bond acceptors (Lipinski definition) is 5. The molecule has 33 heavy (non-hydrogen) atoms. The van der Waals surface area contributed by atoms with Crippen molar-refractivity contribution < 1.29 is 19.8 Å². The summed E-state index contributed by atoms with van der Waals surface area (Å²) in [5.74, 6) is -2.51. The number of aliphatic imine (C=N–C) groups is 1. The van der Waals surface area contributed by atoms with Crippen LogP contribution in [0.4, 0.5) is 0 Å². The second kappa shape index (κ2) is 11.7. The largest absolute Gasteiger partial charge is 0.478 e. The molecule has 2 aromatic rings. The SMILES string of the molecule is CN1CCN(CC2Cc3c(Cl)cccc3C(c3ccccc3)=N2)CC1.O=C(O)/C=C\C(=O)O. The van der Waals surface area contributed by atoms with Crippen LogP contribution >= 0.6 is 11.6 Å². The highest BCUT2D eigenvalue weighted by Crippen LogP contribution is 2.29. The summed E-state index contributed by atoms with van der Waals surface area (Å²) < 4.78 is 0. The fourth-order valence-electron chi connectivity index (χ4n) is 3.92. The van der Waals surface area contributed by atoms with E-state index in [1.807, 2.05) is 18.2 Å². The molecule has 174 valence electrons. The molecule has 0 radical (unpaired) electrons. The maximum Gasteiger partial charge on any atom is 0.328 e. The monoisotopic (exact) mass is 469 g/mol. The highest BCUT2D eigenvalue weighted by molar-refractivity contribution is 6.32. The average Bonchev–Trinajstić information content (AvgIpc) is 2.80. The molecule has 4 rings (SSSR count). The van der Waals surface area contributed by atoms with Gasteiger partial charge in [-0.15, -0.1) is 0 Å². The van der Waals surface area contributed by atoms with Gasteiger partial charge in [0, 0.05) is 61.0 Å². The first-order chi connectivity index (χ1) is 15.8. The van der Waals surface area contributed by atoms with Crippen LogP contribution in [-0.2, 0) is 16.0 Å². The van der Waals surface area contributed by atoms with Crippen molar-refractivity contribution in [3.8, 4) is 0 Å². The van der Waals surface area contributed by atoms with E-state index in [9.17, 15) is 9.59 Å².